The SMILES string of the molecule is CCOC(=O)C(C)SCc1ccccc1C. The summed E-state index contributed by atoms with van der Waals surface area (Å²) >= 11 is 1.62. The Kier molecular flexibility index (Phi) is 5.39. The molecule has 0 spiro atoms. The van der Waals surface area contributed by atoms with Gasteiger partial charge in [-0.15, -0.1) is 11.8 Å². The summed E-state index contributed by atoms with van der Waals surface area (Å²) in [4.78, 5) is 11.4. The molecule has 1 atom stereocenters. The summed E-state index contributed by atoms with van der Waals surface area (Å²) in [5, 5.41) is -0.0976. The molecule has 0 amide bonds. The minimum Gasteiger partial charge on any atom is -0.465 e. The zero-order valence-corrected chi connectivity index (χ0v) is 10.8. The molecular weight excluding hydrogens is 220 g/mol. The van der Waals surface area contributed by atoms with Crippen LogP contribution in [0, 0.1) is 6.92 Å². The van der Waals surface area contributed by atoms with Crippen molar-refractivity contribution in [3.05, 3.63) is 35.4 Å². The maximum Gasteiger partial charge on any atom is 0.318 e. The van der Waals surface area contributed by atoms with E-state index in [4.69, 9.17) is 4.74 Å². The molecule has 0 heterocycles. The summed E-state index contributed by atoms with van der Waals surface area (Å²) < 4.78 is 4.96. The van der Waals surface area contributed by atoms with E-state index in [9.17, 15) is 4.79 Å². The van der Waals surface area contributed by atoms with E-state index in [0.29, 0.717) is 6.61 Å². The molecule has 88 valence electrons. The second-order valence-electron chi connectivity index (χ2n) is 3.63. The molecule has 0 fully saturated rings. The standard InChI is InChI=1S/C13H18O2S/c1-4-15-13(14)11(3)16-9-12-8-6-5-7-10(12)2/h5-8,11H,4,9H2,1-3H3. The molecule has 16 heavy (non-hydrogen) atoms. The van der Waals surface area contributed by atoms with Gasteiger partial charge in [0.05, 0.1) is 11.9 Å². The highest BCUT2D eigenvalue weighted by Crippen LogP contribution is 2.20. The molecular formula is C13H18O2S. The molecule has 0 radical (unpaired) electrons. The number of ether oxygens (including phenoxy) is 1. The Morgan fingerprint density at radius 1 is 1.44 bits per heavy atom. The number of benzene rings is 1. The van der Waals surface area contributed by atoms with Crippen LogP contribution in [0.5, 0.6) is 0 Å². The highest BCUT2D eigenvalue weighted by atomic mass is 32.2. The first-order valence-electron chi connectivity index (χ1n) is 5.48. The lowest BCUT2D eigenvalue weighted by Gasteiger charge is -2.11. The van der Waals surface area contributed by atoms with Crippen molar-refractivity contribution in [2.45, 2.75) is 31.8 Å². The Labute approximate surface area is 101 Å². The molecule has 1 unspecified atom stereocenters. The van der Waals surface area contributed by atoms with E-state index in [2.05, 4.69) is 19.1 Å². The van der Waals surface area contributed by atoms with E-state index in [1.165, 1.54) is 11.1 Å². The van der Waals surface area contributed by atoms with Gasteiger partial charge in [-0.3, -0.25) is 4.79 Å². The van der Waals surface area contributed by atoms with Gasteiger partial charge in [-0.1, -0.05) is 24.3 Å². The third-order valence-corrected chi connectivity index (χ3v) is 3.54. The average Bonchev–Trinajstić information content (AvgIpc) is 2.28. The first-order valence-corrected chi connectivity index (χ1v) is 6.52. The average molecular weight is 238 g/mol. The van der Waals surface area contributed by atoms with E-state index in [-0.39, 0.29) is 11.2 Å². The quantitative estimate of drug-likeness (QED) is 0.737. The number of esters is 1. The van der Waals surface area contributed by atoms with Gasteiger partial charge in [-0.2, -0.15) is 0 Å². The topological polar surface area (TPSA) is 26.3 Å². The monoisotopic (exact) mass is 238 g/mol. The summed E-state index contributed by atoms with van der Waals surface area (Å²) in [5.41, 5.74) is 2.55. The van der Waals surface area contributed by atoms with Gasteiger partial charge in [-0.05, 0) is 31.9 Å². The number of aryl methyl sites for hydroxylation is 1. The van der Waals surface area contributed by atoms with Crippen LogP contribution in [0.2, 0.25) is 0 Å². The molecule has 0 N–H and O–H groups in total. The summed E-state index contributed by atoms with van der Waals surface area (Å²) in [5.74, 6) is 0.730. The fourth-order valence-corrected chi connectivity index (χ4v) is 2.27. The van der Waals surface area contributed by atoms with Crippen LogP contribution in [0.15, 0.2) is 24.3 Å². The summed E-state index contributed by atoms with van der Waals surface area (Å²) in [7, 11) is 0. The van der Waals surface area contributed by atoms with Gasteiger partial charge in [0.1, 0.15) is 0 Å². The Morgan fingerprint density at radius 2 is 2.12 bits per heavy atom. The van der Waals surface area contributed by atoms with Crippen molar-refractivity contribution >= 4 is 17.7 Å². The fourth-order valence-electron chi connectivity index (χ4n) is 1.31. The molecule has 0 aliphatic heterocycles. The number of carbonyl (C=O) groups excluding carboxylic acids is 1. The number of hydrogen-bond donors (Lipinski definition) is 0. The molecule has 1 aromatic carbocycles. The van der Waals surface area contributed by atoms with E-state index >= 15 is 0 Å². The number of carbonyl (C=O) groups is 1. The van der Waals surface area contributed by atoms with Gasteiger partial charge >= 0.3 is 5.97 Å². The van der Waals surface area contributed by atoms with Crippen LogP contribution in [0.25, 0.3) is 0 Å². The Morgan fingerprint density at radius 3 is 2.75 bits per heavy atom. The van der Waals surface area contributed by atoms with Crippen molar-refractivity contribution in [2.75, 3.05) is 6.61 Å². The van der Waals surface area contributed by atoms with Crippen LogP contribution in [0.1, 0.15) is 25.0 Å². The second kappa shape index (κ2) is 6.59. The minimum absolute atomic E-state index is 0.0976. The van der Waals surface area contributed by atoms with Crippen LogP contribution >= 0.6 is 11.8 Å². The number of rotatable bonds is 5. The summed E-state index contributed by atoms with van der Waals surface area (Å²) in [6.07, 6.45) is 0. The van der Waals surface area contributed by atoms with Crippen LogP contribution < -0.4 is 0 Å². The maximum atomic E-state index is 11.4. The van der Waals surface area contributed by atoms with Crippen LogP contribution in [-0.4, -0.2) is 17.8 Å². The van der Waals surface area contributed by atoms with Crippen molar-refractivity contribution in [3.8, 4) is 0 Å². The molecule has 3 heteroatoms. The highest BCUT2D eigenvalue weighted by Gasteiger charge is 2.14. The van der Waals surface area contributed by atoms with Crippen molar-refractivity contribution in [2.24, 2.45) is 0 Å². The van der Waals surface area contributed by atoms with Crippen molar-refractivity contribution in [1.82, 2.24) is 0 Å². The molecule has 2 nitrogen and oxygen atoms in total. The van der Waals surface area contributed by atoms with E-state index < -0.39 is 0 Å². The van der Waals surface area contributed by atoms with Crippen molar-refractivity contribution in [3.63, 3.8) is 0 Å². The van der Waals surface area contributed by atoms with Crippen LogP contribution in [-0.2, 0) is 15.3 Å². The number of hydrogen-bond acceptors (Lipinski definition) is 3. The first kappa shape index (κ1) is 13.1. The van der Waals surface area contributed by atoms with Gasteiger partial charge in [0.2, 0.25) is 0 Å². The van der Waals surface area contributed by atoms with Crippen LogP contribution in [0.3, 0.4) is 0 Å². The van der Waals surface area contributed by atoms with Crippen molar-refractivity contribution < 1.29 is 9.53 Å². The predicted octanol–water partition coefficient (Wildman–Crippen LogP) is 3.18. The molecule has 0 aliphatic rings. The zero-order chi connectivity index (χ0) is 12.0. The van der Waals surface area contributed by atoms with E-state index in [1.807, 2.05) is 26.0 Å². The Bertz CT molecular complexity index is 350. The molecule has 0 bridgehead atoms. The molecule has 0 saturated carbocycles. The predicted molar refractivity (Wildman–Crippen MR) is 68.6 cm³/mol. The molecule has 0 saturated heterocycles. The maximum absolute atomic E-state index is 11.4. The Balaban J connectivity index is 2.46. The molecule has 0 aromatic heterocycles. The Hall–Kier alpha value is -0.960. The fraction of sp³-hybridized carbons (Fsp3) is 0.462. The lowest BCUT2D eigenvalue weighted by molar-refractivity contribution is -0.142. The lowest BCUT2D eigenvalue weighted by atomic mass is 10.1. The molecule has 1 aromatic rings. The van der Waals surface area contributed by atoms with Crippen LogP contribution in [0.4, 0.5) is 0 Å². The van der Waals surface area contributed by atoms with E-state index in [0.717, 1.165) is 5.75 Å². The van der Waals surface area contributed by atoms with Gasteiger partial charge in [0, 0.05) is 5.75 Å². The highest BCUT2D eigenvalue weighted by molar-refractivity contribution is 7.99. The minimum atomic E-state index is -0.124. The summed E-state index contributed by atoms with van der Waals surface area (Å²) in [6.45, 7) is 6.26. The smallest absolute Gasteiger partial charge is 0.318 e. The summed E-state index contributed by atoms with van der Waals surface area (Å²) in [6, 6.07) is 8.24. The first-order chi connectivity index (χ1) is 7.65. The largest absolute Gasteiger partial charge is 0.465 e. The number of thioether (sulfide) groups is 1. The van der Waals surface area contributed by atoms with Gasteiger partial charge in [0.15, 0.2) is 0 Å². The van der Waals surface area contributed by atoms with Gasteiger partial charge < -0.3 is 4.74 Å². The second-order valence-corrected chi connectivity index (χ2v) is 4.96. The van der Waals surface area contributed by atoms with Gasteiger partial charge in [0.25, 0.3) is 0 Å². The van der Waals surface area contributed by atoms with Crippen molar-refractivity contribution in [1.29, 1.82) is 0 Å². The molecule has 0 aliphatic carbocycles. The third kappa shape index (κ3) is 3.89. The third-order valence-electron chi connectivity index (χ3n) is 2.37. The van der Waals surface area contributed by atoms with E-state index in [1.54, 1.807) is 11.8 Å². The zero-order valence-electron chi connectivity index (χ0n) is 10.0. The van der Waals surface area contributed by atoms with Gasteiger partial charge in [-0.25, -0.2) is 0 Å². The lowest BCUT2D eigenvalue weighted by Crippen LogP contribution is -2.16. The normalized spacial score (nSPS) is 12.2. The molecule has 1 rings (SSSR count).